The number of anilines is 1. The van der Waals surface area contributed by atoms with E-state index in [0.29, 0.717) is 22.6 Å². The molecule has 0 radical (unpaired) electrons. The minimum Gasteiger partial charge on any atom is -0.496 e. The third-order valence-corrected chi connectivity index (χ3v) is 3.03. The molecule has 1 amide bonds. The summed E-state index contributed by atoms with van der Waals surface area (Å²) in [6, 6.07) is 15.7. The molecule has 0 saturated carbocycles. The standard InChI is InChI=1S/C16H13N3O2S/c1-21-14-8-3-2-7-13(14)15(20)19-16(22)18-12-6-4-5-11(9-12)10-17/h2-9H,1H3,(H2,18,19,20,22). The minimum absolute atomic E-state index is 0.144. The summed E-state index contributed by atoms with van der Waals surface area (Å²) >= 11 is 5.10. The molecule has 0 aliphatic carbocycles. The third kappa shape index (κ3) is 3.81. The van der Waals surface area contributed by atoms with Crippen LogP contribution in [0.3, 0.4) is 0 Å². The zero-order valence-corrected chi connectivity index (χ0v) is 12.6. The Morgan fingerprint density at radius 3 is 2.73 bits per heavy atom. The number of carbonyl (C=O) groups excluding carboxylic acids is 1. The maximum absolute atomic E-state index is 12.2. The Morgan fingerprint density at radius 2 is 2.00 bits per heavy atom. The molecule has 0 atom stereocenters. The summed E-state index contributed by atoms with van der Waals surface area (Å²) in [5.74, 6) is 0.0978. The summed E-state index contributed by atoms with van der Waals surface area (Å²) in [4.78, 5) is 12.2. The number of carbonyl (C=O) groups is 1. The van der Waals surface area contributed by atoms with Gasteiger partial charge in [0.05, 0.1) is 24.3 Å². The summed E-state index contributed by atoms with van der Waals surface area (Å²) < 4.78 is 5.14. The van der Waals surface area contributed by atoms with Gasteiger partial charge in [0.15, 0.2) is 5.11 Å². The van der Waals surface area contributed by atoms with E-state index in [1.54, 1.807) is 48.5 Å². The van der Waals surface area contributed by atoms with Crippen LogP contribution in [0.15, 0.2) is 48.5 Å². The smallest absolute Gasteiger partial charge is 0.261 e. The van der Waals surface area contributed by atoms with E-state index in [2.05, 4.69) is 10.6 Å². The lowest BCUT2D eigenvalue weighted by Crippen LogP contribution is -2.34. The van der Waals surface area contributed by atoms with E-state index < -0.39 is 0 Å². The molecule has 0 aliphatic heterocycles. The first-order valence-electron chi connectivity index (χ1n) is 6.39. The van der Waals surface area contributed by atoms with Gasteiger partial charge in [0.1, 0.15) is 5.75 Å². The van der Waals surface area contributed by atoms with Crippen LogP contribution < -0.4 is 15.4 Å². The lowest BCUT2D eigenvalue weighted by molar-refractivity contribution is 0.0975. The number of methoxy groups -OCH3 is 1. The van der Waals surface area contributed by atoms with Crippen molar-refractivity contribution in [1.29, 1.82) is 5.26 Å². The largest absolute Gasteiger partial charge is 0.496 e. The van der Waals surface area contributed by atoms with Crippen LogP contribution in [0.2, 0.25) is 0 Å². The number of rotatable bonds is 3. The molecule has 22 heavy (non-hydrogen) atoms. The normalized spacial score (nSPS) is 9.45. The first kappa shape index (κ1) is 15.5. The molecular weight excluding hydrogens is 298 g/mol. The summed E-state index contributed by atoms with van der Waals surface area (Å²) in [7, 11) is 1.50. The van der Waals surface area contributed by atoms with Gasteiger partial charge in [0.2, 0.25) is 0 Å². The highest BCUT2D eigenvalue weighted by atomic mass is 32.1. The fraction of sp³-hybridized carbons (Fsp3) is 0.0625. The second kappa shape index (κ2) is 7.20. The van der Waals surface area contributed by atoms with Crippen LogP contribution in [-0.2, 0) is 0 Å². The second-order valence-corrected chi connectivity index (χ2v) is 4.71. The van der Waals surface area contributed by atoms with Crippen molar-refractivity contribution < 1.29 is 9.53 Å². The molecule has 0 aliphatic rings. The highest BCUT2D eigenvalue weighted by molar-refractivity contribution is 7.80. The maximum Gasteiger partial charge on any atom is 0.261 e. The van der Waals surface area contributed by atoms with Gasteiger partial charge in [-0.05, 0) is 42.5 Å². The van der Waals surface area contributed by atoms with Crippen molar-refractivity contribution in [2.45, 2.75) is 0 Å². The lowest BCUT2D eigenvalue weighted by atomic mass is 10.2. The monoisotopic (exact) mass is 311 g/mol. The third-order valence-electron chi connectivity index (χ3n) is 2.83. The van der Waals surface area contributed by atoms with E-state index in [4.69, 9.17) is 22.2 Å². The number of hydrogen-bond acceptors (Lipinski definition) is 4. The van der Waals surface area contributed by atoms with Gasteiger partial charge < -0.3 is 10.1 Å². The van der Waals surface area contributed by atoms with Crippen LogP contribution in [0.25, 0.3) is 0 Å². The highest BCUT2D eigenvalue weighted by Crippen LogP contribution is 2.17. The predicted octanol–water partition coefficient (Wildman–Crippen LogP) is 2.69. The zero-order valence-electron chi connectivity index (χ0n) is 11.8. The summed E-state index contributed by atoms with van der Waals surface area (Å²) in [6.07, 6.45) is 0. The molecule has 2 rings (SSSR count). The molecule has 0 spiro atoms. The molecule has 6 heteroatoms. The molecule has 0 unspecified atom stereocenters. The van der Waals surface area contributed by atoms with E-state index in [1.807, 2.05) is 6.07 Å². The molecule has 110 valence electrons. The Labute approximate surface area is 133 Å². The van der Waals surface area contributed by atoms with Gasteiger partial charge in [-0.15, -0.1) is 0 Å². The van der Waals surface area contributed by atoms with E-state index >= 15 is 0 Å². The number of nitriles is 1. The van der Waals surface area contributed by atoms with Crippen LogP contribution >= 0.6 is 12.2 Å². The molecular formula is C16H13N3O2S. The van der Waals surface area contributed by atoms with Crippen molar-refractivity contribution in [3.05, 3.63) is 59.7 Å². The van der Waals surface area contributed by atoms with Crippen LogP contribution in [0.1, 0.15) is 15.9 Å². The minimum atomic E-state index is -0.369. The number of nitrogens with zero attached hydrogens (tertiary/aromatic N) is 1. The molecule has 5 nitrogen and oxygen atoms in total. The molecule has 0 heterocycles. The molecule has 0 fully saturated rings. The fourth-order valence-corrected chi connectivity index (χ4v) is 2.04. The second-order valence-electron chi connectivity index (χ2n) is 4.30. The van der Waals surface area contributed by atoms with E-state index in [9.17, 15) is 4.79 Å². The molecule has 0 bridgehead atoms. The first-order valence-corrected chi connectivity index (χ1v) is 6.80. The topological polar surface area (TPSA) is 74.2 Å². The zero-order chi connectivity index (χ0) is 15.9. The average Bonchev–Trinajstić information content (AvgIpc) is 2.54. The van der Waals surface area contributed by atoms with E-state index in [-0.39, 0.29) is 11.0 Å². The number of thiocarbonyl (C=S) groups is 1. The molecule has 2 N–H and O–H groups in total. The number of ether oxygens (including phenoxy) is 1. The van der Waals surface area contributed by atoms with Crippen molar-refractivity contribution in [2.75, 3.05) is 12.4 Å². The Bertz CT molecular complexity index is 753. The quantitative estimate of drug-likeness (QED) is 0.853. The first-order chi connectivity index (χ1) is 10.6. The van der Waals surface area contributed by atoms with Gasteiger partial charge in [-0.2, -0.15) is 5.26 Å². The number of para-hydroxylation sites is 1. The summed E-state index contributed by atoms with van der Waals surface area (Å²) in [5, 5.41) is 14.4. The molecule has 2 aromatic rings. The Morgan fingerprint density at radius 1 is 1.23 bits per heavy atom. The highest BCUT2D eigenvalue weighted by Gasteiger charge is 2.12. The average molecular weight is 311 g/mol. The number of amides is 1. The SMILES string of the molecule is COc1ccccc1C(=O)NC(=S)Nc1cccc(C#N)c1. The van der Waals surface area contributed by atoms with Gasteiger partial charge in [-0.25, -0.2) is 0 Å². The number of hydrogen-bond donors (Lipinski definition) is 2. The summed E-state index contributed by atoms with van der Waals surface area (Å²) in [6.45, 7) is 0. The van der Waals surface area contributed by atoms with E-state index in [0.717, 1.165) is 0 Å². The predicted molar refractivity (Wildman–Crippen MR) is 87.8 cm³/mol. The fourth-order valence-electron chi connectivity index (χ4n) is 1.83. The maximum atomic E-state index is 12.2. The number of nitrogens with one attached hydrogen (secondary N) is 2. The Kier molecular flexibility index (Phi) is 5.07. The van der Waals surface area contributed by atoms with Crippen molar-refractivity contribution in [2.24, 2.45) is 0 Å². The van der Waals surface area contributed by atoms with Gasteiger partial charge in [-0.1, -0.05) is 18.2 Å². The van der Waals surface area contributed by atoms with Crippen LogP contribution in [0, 0.1) is 11.3 Å². The lowest BCUT2D eigenvalue weighted by Gasteiger charge is -2.11. The molecule has 2 aromatic carbocycles. The molecule has 0 saturated heterocycles. The Balaban J connectivity index is 2.05. The van der Waals surface area contributed by atoms with Crippen molar-refractivity contribution in [3.63, 3.8) is 0 Å². The van der Waals surface area contributed by atoms with Gasteiger partial charge in [0.25, 0.3) is 5.91 Å². The van der Waals surface area contributed by atoms with Gasteiger partial charge in [-0.3, -0.25) is 10.1 Å². The van der Waals surface area contributed by atoms with Gasteiger partial charge >= 0.3 is 0 Å². The van der Waals surface area contributed by atoms with Crippen molar-refractivity contribution in [3.8, 4) is 11.8 Å². The van der Waals surface area contributed by atoms with Crippen molar-refractivity contribution in [1.82, 2.24) is 5.32 Å². The molecule has 0 aromatic heterocycles. The van der Waals surface area contributed by atoms with Crippen LogP contribution in [-0.4, -0.2) is 18.1 Å². The van der Waals surface area contributed by atoms with Gasteiger partial charge in [0, 0.05) is 5.69 Å². The summed E-state index contributed by atoms with van der Waals surface area (Å²) in [5.41, 5.74) is 1.52. The van der Waals surface area contributed by atoms with Crippen LogP contribution in [0.4, 0.5) is 5.69 Å². The van der Waals surface area contributed by atoms with E-state index in [1.165, 1.54) is 7.11 Å². The van der Waals surface area contributed by atoms with Crippen molar-refractivity contribution >= 4 is 28.9 Å². The number of benzene rings is 2. The van der Waals surface area contributed by atoms with Crippen LogP contribution in [0.5, 0.6) is 5.75 Å². The Hall–Kier alpha value is -2.91.